The van der Waals surface area contributed by atoms with Gasteiger partial charge in [0.2, 0.25) is 0 Å². The molecule has 6 heteroatoms. The summed E-state index contributed by atoms with van der Waals surface area (Å²) in [5.41, 5.74) is 7.47. The van der Waals surface area contributed by atoms with Crippen molar-refractivity contribution in [2.24, 2.45) is 0 Å². The van der Waals surface area contributed by atoms with Crippen molar-refractivity contribution in [2.45, 2.75) is 13.3 Å². The zero-order chi connectivity index (χ0) is 10.8. The average molecular weight is 238 g/mol. The molecule has 0 aliphatic rings. The first-order valence-electron chi connectivity index (χ1n) is 4.37. The maximum absolute atomic E-state index is 7.01. The fourth-order valence-electron chi connectivity index (χ4n) is 1.25. The van der Waals surface area contributed by atoms with E-state index in [1.807, 2.05) is 12.3 Å². The van der Waals surface area contributed by atoms with E-state index in [9.17, 15) is 0 Å². The molecule has 0 saturated carbocycles. The summed E-state index contributed by atoms with van der Waals surface area (Å²) in [7, 11) is 0. The van der Waals surface area contributed by atoms with Gasteiger partial charge in [-0.15, -0.1) is 11.3 Å². The Labute approximate surface area is 95.3 Å². The van der Waals surface area contributed by atoms with Crippen LogP contribution in [0, 0.1) is 12.3 Å². The molecule has 0 bridgehead atoms. The van der Waals surface area contributed by atoms with E-state index in [0.29, 0.717) is 11.6 Å². The Morgan fingerprint density at radius 1 is 1.53 bits per heavy atom. The minimum absolute atomic E-state index is 0.573. The van der Waals surface area contributed by atoms with Crippen LogP contribution < -0.4 is 5.73 Å². The average Bonchev–Trinajstić information content (AvgIpc) is 2.73. The molecule has 78 valence electrons. The summed E-state index contributed by atoms with van der Waals surface area (Å²) < 4.78 is 0. The van der Waals surface area contributed by atoms with E-state index in [1.165, 1.54) is 17.6 Å². The highest BCUT2D eigenvalue weighted by molar-refractivity contribution is 7.19. The van der Waals surface area contributed by atoms with Gasteiger partial charge in [-0.2, -0.15) is 0 Å². The maximum Gasteiger partial charge on any atom is 0.180 e. The number of nitrogen functional groups attached to an aromatic ring is 1. The van der Waals surface area contributed by atoms with Crippen LogP contribution in [-0.2, 0) is 6.42 Å². The molecule has 15 heavy (non-hydrogen) atoms. The van der Waals surface area contributed by atoms with Gasteiger partial charge in [0.15, 0.2) is 5.13 Å². The summed E-state index contributed by atoms with van der Waals surface area (Å²) in [6.07, 6.45) is 1.95. The molecule has 2 heterocycles. The third-order valence-electron chi connectivity index (χ3n) is 1.87. The first-order valence-corrected chi connectivity index (χ1v) is 6.07. The van der Waals surface area contributed by atoms with Crippen LogP contribution in [0.25, 0.3) is 10.6 Å². The lowest BCUT2D eigenvalue weighted by Crippen LogP contribution is -1.84. The Kier molecular flexibility index (Phi) is 2.79. The van der Waals surface area contributed by atoms with E-state index >= 15 is 0 Å². The molecule has 0 aromatic carbocycles. The number of rotatable bonds is 3. The van der Waals surface area contributed by atoms with E-state index in [0.717, 1.165) is 21.3 Å². The normalized spacial score (nSPS) is 10.5. The quantitative estimate of drug-likeness (QED) is 0.806. The molecular formula is C9H10N4S2. The van der Waals surface area contributed by atoms with Crippen molar-refractivity contribution in [3.63, 3.8) is 0 Å². The second-order valence-electron chi connectivity index (χ2n) is 3.00. The van der Waals surface area contributed by atoms with E-state index in [-0.39, 0.29) is 0 Å². The summed E-state index contributed by atoms with van der Waals surface area (Å²) in [6, 6.07) is 0. The minimum Gasteiger partial charge on any atom is -0.375 e. The number of hydrogen-bond donors (Lipinski definition) is 2. The van der Waals surface area contributed by atoms with E-state index < -0.39 is 0 Å². The largest absolute Gasteiger partial charge is 0.375 e. The number of aryl methyl sites for hydroxylation is 1. The molecule has 0 saturated heterocycles. The number of nitrogens with zero attached hydrogens (tertiary/aromatic N) is 2. The Hall–Kier alpha value is -1.27. The van der Waals surface area contributed by atoms with Crippen molar-refractivity contribution in [1.82, 2.24) is 9.97 Å². The lowest BCUT2D eigenvalue weighted by molar-refractivity contribution is 1.22. The van der Waals surface area contributed by atoms with Crippen LogP contribution in [0.3, 0.4) is 0 Å². The van der Waals surface area contributed by atoms with E-state index in [2.05, 4.69) is 9.97 Å². The molecule has 0 radical (unpaired) electrons. The fourth-order valence-corrected chi connectivity index (χ4v) is 2.87. The number of nitrogens with two attached hydrogens (primary N) is 1. The maximum atomic E-state index is 7.01. The van der Waals surface area contributed by atoms with Gasteiger partial charge in [0.05, 0.1) is 21.3 Å². The standard InChI is InChI=1S/C9H10N4S2/c1-5-8(15-9(11)12-5)6-4-14-7(13-6)2-3-10/h3-4,10H,2H2,1H3,(H2,11,12). The lowest BCUT2D eigenvalue weighted by atomic mass is 10.3. The van der Waals surface area contributed by atoms with Crippen molar-refractivity contribution in [2.75, 3.05) is 5.73 Å². The highest BCUT2D eigenvalue weighted by Crippen LogP contribution is 2.31. The van der Waals surface area contributed by atoms with Gasteiger partial charge in [-0.1, -0.05) is 11.3 Å². The smallest absolute Gasteiger partial charge is 0.180 e. The van der Waals surface area contributed by atoms with Crippen molar-refractivity contribution >= 4 is 34.0 Å². The molecule has 4 nitrogen and oxygen atoms in total. The predicted molar refractivity (Wildman–Crippen MR) is 64.9 cm³/mol. The van der Waals surface area contributed by atoms with Crippen LogP contribution in [0.5, 0.6) is 0 Å². The second-order valence-corrected chi connectivity index (χ2v) is 4.97. The van der Waals surface area contributed by atoms with Crippen LogP contribution in [0.2, 0.25) is 0 Å². The third kappa shape index (κ3) is 2.05. The first kappa shape index (κ1) is 10.3. The molecule has 0 spiro atoms. The molecule has 0 fully saturated rings. The van der Waals surface area contributed by atoms with E-state index in [1.54, 1.807) is 11.3 Å². The molecule has 2 aromatic heterocycles. The first-order chi connectivity index (χ1) is 7.20. The molecule has 0 aliphatic heterocycles. The Balaban J connectivity index is 2.36. The summed E-state index contributed by atoms with van der Waals surface area (Å²) in [5, 5.41) is 10.5. The molecule has 0 unspecified atom stereocenters. The van der Waals surface area contributed by atoms with Gasteiger partial charge in [0, 0.05) is 18.0 Å². The third-order valence-corrected chi connectivity index (χ3v) is 3.75. The number of thiazole rings is 2. The SMILES string of the molecule is Cc1nc(N)sc1-c1csc(CC=N)n1. The molecule has 0 aliphatic carbocycles. The molecule has 2 aromatic rings. The Bertz CT molecular complexity index is 486. The summed E-state index contributed by atoms with van der Waals surface area (Å²) >= 11 is 3.02. The van der Waals surface area contributed by atoms with E-state index in [4.69, 9.17) is 11.1 Å². The fraction of sp³-hybridized carbons (Fsp3) is 0.222. The monoisotopic (exact) mass is 238 g/mol. The van der Waals surface area contributed by atoms with Crippen molar-refractivity contribution in [1.29, 1.82) is 5.41 Å². The predicted octanol–water partition coefficient (Wildman–Crippen LogP) is 2.35. The zero-order valence-corrected chi connectivity index (χ0v) is 9.78. The van der Waals surface area contributed by atoms with Crippen molar-refractivity contribution in [3.05, 3.63) is 16.1 Å². The topological polar surface area (TPSA) is 75.7 Å². The summed E-state index contributed by atoms with van der Waals surface area (Å²) in [6.45, 7) is 1.93. The van der Waals surface area contributed by atoms with Gasteiger partial charge in [0.1, 0.15) is 0 Å². The number of hydrogen-bond acceptors (Lipinski definition) is 6. The molecule has 3 N–H and O–H groups in total. The lowest BCUT2D eigenvalue weighted by Gasteiger charge is -1.90. The van der Waals surface area contributed by atoms with Crippen LogP contribution in [-0.4, -0.2) is 16.2 Å². The van der Waals surface area contributed by atoms with Crippen LogP contribution in [0.15, 0.2) is 5.38 Å². The van der Waals surface area contributed by atoms with Gasteiger partial charge in [-0.25, -0.2) is 9.97 Å². The Morgan fingerprint density at radius 2 is 2.33 bits per heavy atom. The second kappa shape index (κ2) is 4.08. The van der Waals surface area contributed by atoms with Crippen molar-refractivity contribution in [3.8, 4) is 10.6 Å². The van der Waals surface area contributed by atoms with Crippen LogP contribution in [0.4, 0.5) is 5.13 Å². The molecule has 0 atom stereocenters. The zero-order valence-electron chi connectivity index (χ0n) is 8.15. The molecule has 0 amide bonds. The van der Waals surface area contributed by atoms with Gasteiger partial charge in [-0.3, -0.25) is 0 Å². The molecular weight excluding hydrogens is 228 g/mol. The van der Waals surface area contributed by atoms with Crippen LogP contribution in [0.1, 0.15) is 10.7 Å². The minimum atomic E-state index is 0.573. The number of aromatic nitrogens is 2. The van der Waals surface area contributed by atoms with Crippen molar-refractivity contribution < 1.29 is 0 Å². The molecule has 2 rings (SSSR count). The Morgan fingerprint density at radius 3 is 2.93 bits per heavy atom. The van der Waals surface area contributed by atoms with Gasteiger partial charge in [-0.05, 0) is 6.92 Å². The van der Waals surface area contributed by atoms with Gasteiger partial charge < -0.3 is 11.1 Å². The summed E-state index contributed by atoms with van der Waals surface area (Å²) in [4.78, 5) is 9.61. The van der Waals surface area contributed by atoms with Gasteiger partial charge >= 0.3 is 0 Å². The number of nitrogens with one attached hydrogen (secondary N) is 1. The van der Waals surface area contributed by atoms with Crippen LogP contribution >= 0.6 is 22.7 Å². The highest BCUT2D eigenvalue weighted by Gasteiger charge is 2.11. The number of anilines is 1. The summed E-state index contributed by atoms with van der Waals surface area (Å²) in [5.74, 6) is 0. The van der Waals surface area contributed by atoms with Gasteiger partial charge in [0.25, 0.3) is 0 Å². The highest BCUT2D eigenvalue weighted by atomic mass is 32.1.